The van der Waals surface area contributed by atoms with Crippen molar-refractivity contribution in [3.05, 3.63) is 0 Å². The highest BCUT2D eigenvalue weighted by atomic mass is 16.4. The number of amides is 1. The van der Waals surface area contributed by atoms with Crippen LogP contribution in [0.2, 0.25) is 0 Å². The fourth-order valence-corrected chi connectivity index (χ4v) is 3.02. The van der Waals surface area contributed by atoms with Gasteiger partial charge in [-0.3, -0.25) is 9.59 Å². The maximum absolute atomic E-state index is 12.2. The van der Waals surface area contributed by atoms with Crippen LogP contribution in [0, 0.1) is 5.41 Å². The zero-order valence-corrected chi connectivity index (χ0v) is 13.8. The van der Waals surface area contributed by atoms with E-state index >= 15 is 0 Å². The van der Waals surface area contributed by atoms with Gasteiger partial charge in [0.05, 0.1) is 5.41 Å². The van der Waals surface area contributed by atoms with Crippen molar-refractivity contribution in [1.82, 2.24) is 10.2 Å². The summed E-state index contributed by atoms with van der Waals surface area (Å²) in [4.78, 5) is 26.0. The van der Waals surface area contributed by atoms with E-state index in [-0.39, 0.29) is 18.4 Å². The second-order valence-corrected chi connectivity index (χ2v) is 6.44. The van der Waals surface area contributed by atoms with Gasteiger partial charge < -0.3 is 15.3 Å². The Balaban J connectivity index is 2.49. The van der Waals surface area contributed by atoms with Gasteiger partial charge in [-0.1, -0.05) is 13.8 Å². The monoisotopic (exact) mass is 298 g/mol. The molecule has 0 aromatic heterocycles. The van der Waals surface area contributed by atoms with Gasteiger partial charge in [-0.2, -0.15) is 0 Å². The van der Waals surface area contributed by atoms with Crippen LogP contribution in [0.5, 0.6) is 0 Å². The van der Waals surface area contributed by atoms with E-state index < -0.39 is 11.4 Å². The van der Waals surface area contributed by atoms with Crippen molar-refractivity contribution in [2.24, 2.45) is 5.41 Å². The average Bonchev–Trinajstić information content (AvgIpc) is 2.45. The Labute approximate surface area is 128 Å². The Morgan fingerprint density at radius 3 is 2.14 bits per heavy atom. The Hall–Kier alpha value is -1.10. The Morgan fingerprint density at radius 2 is 1.76 bits per heavy atom. The molecule has 1 aliphatic heterocycles. The fraction of sp³-hybridized carbons (Fsp3) is 0.875. The van der Waals surface area contributed by atoms with E-state index in [9.17, 15) is 14.7 Å². The molecule has 0 unspecified atom stereocenters. The standard InChI is InChI=1S/C16H30N2O3/c1-5-16(6-2,15(20)21)11-14(19)17-13-7-9-18(10-8-13)12(3)4/h12-13H,5-11H2,1-4H3,(H,17,19)(H,20,21). The maximum Gasteiger partial charge on any atom is 0.310 e. The molecule has 0 atom stereocenters. The van der Waals surface area contributed by atoms with E-state index in [4.69, 9.17) is 0 Å². The van der Waals surface area contributed by atoms with Gasteiger partial charge in [-0.05, 0) is 39.5 Å². The molecule has 1 saturated heterocycles. The second kappa shape index (κ2) is 7.78. The van der Waals surface area contributed by atoms with Crippen molar-refractivity contribution < 1.29 is 14.7 Å². The predicted molar refractivity (Wildman–Crippen MR) is 83.1 cm³/mol. The molecular weight excluding hydrogens is 268 g/mol. The number of rotatable bonds is 7. The molecule has 0 spiro atoms. The van der Waals surface area contributed by atoms with Crippen LogP contribution in [0.4, 0.5) is 0 Å². The molecule has 1 heterocycles. The van der Waals surface area contributed by atoms with Gasteiger partial charge in [-0.15, -0.1) is 0 Å². The summed E-state index contributed by atoms with van der Waals surface area (Å²) in [6.07, 6.45) is 2.94. The lowest BCUT2D eigenvalue weighted by molar-refractivity contribution is -0.152. The second-order valence-electron chi connectivity index (χ2n) is 6.44. The lowest BCUT2D eigenvalue weighted by atomic mass is 9.79. The van der Waals surface area contributed by atoms with Gasteiger partial charge >= 0.3 is 5.97 Å². The highest BCUT2D eigenvalue weighted by Gasteiger charge is 2.37. The van der Waals surface area contributed by atoms with Gasteiger partial charge in [-0.25, -0.2) is 0 Å². The number of aliphatic carboxylic acids is 1. The van der Waals surface area contributed by atoms with Crippen molar-refractivity contribution >= 4 is 11.9 Å². The molecule has 1 aliphatic rings. The minimum Gasteiger partial charge on any atom is -0.481 e. The summed E-state index contributed by atoms with van der Waals surface area (Å²) in [5, 5.41) is 12.4. The molecule has 0 aromatic carbocycles. The summed E-state index contributed by atoms with van der Waals surface area (Å²) in [7, 11) is 0. The van der Waals surface area contributed by atoms with E-state index in [0.29, 0.717) is 18.9 Å². The zero-order chi connectivity index (χ0) is 16.0. The number of nitrogens with zero attached hydrogens (tertiary/aromatic N) is 1. The molecule has 0 aromatic rings. The highest BCUT2D eigenvalue weighted by molar-refractivity contribution is 5.85. The molecule has 5 nitrogen and oxygen atoms in total. The fourth-order valence-electron chi connectivity index (χ4n) is 3.02. The van der Waals surface area contributed by atoms with Gasteiger partial charge in [0.2, 0.25) is 5.91 Å². The van der Waals surface area contributed by atoms with Gasteiger partial charge in [0.15, 0.2) is 0 Å². The molecule has 1 rings (SSSR count). The zero-order valence-electron chi connectivity index (χ0n) is 13.8. The van der Waals surface area contributed by atoms with E-state index in [2.05, 4.69) is 24.1 Å². The topological polar surface area (TPSA) is 69.6 Å². The van der Waals surface area contributed by atoms with Crippen LogP contribution >= 0.6 is 0 Å². The number of piperidine rings is 1. The SMILES string of the molecule is CCC(CC)(CC(=O)NC1CCN(C(C)C)CC1)C(=O)O. The largest absolute Gasteiger partial charge is 0.481 e. The van der Waals surface area contributed by atoms with E-state index in [1.54, 1.807) is 0 Å². The number of carbonyl (C=O) groups excluding carboxylic acids is 1. The molecule has 0 aliphatic carbocycles. The molecular formula is C16H30N2O3. The summed E-state index contributed by atoms with van der Waals surface area (Å²) in [5.41, 5.74) is -0.914. The number of nitrogens with one attached hydrogen (secondary N) is 1. The summed E-state index contributed by atoms with van der Waals surface area (Å²) in [6.45, 7) is 10.0. The minimum atomic E-state index is -0.914. The Morgan fingerprint density at radius 1 is 1.24 bits per heavy atom. The van der Waals surface area contributed by atoms with Crippen molar-refractivity contribution in [3.8, 4) is 0 Å². The van der Waals surface area contributed by atoms with Gasteiger partial charge in [0.1, 0.15) is 0 Å². The molecule has 21 heavy (non-hydrogen) atoms. The smallest absolute Gasteiger partial charge is 0.310 e. The first-order chi connectivity index (χ1) is 9.84. The first kappa shape index (κ1) is 18.0. The van der Waals surface area contributed by atoms with E-state index in [1.165, 1.54) is 0 Å². The van der Waals surface area contributed by atoms with Crippen molar-refractivity contribution in [3.63, 3.8) is 0 Å². The average molecular weight is 298 g/mol. The van der Waals surface area contributed by atoms with Gasteiger partial charge in [0.25, 0.3) is 0 Å². The van der Waals surface area contributed by atoms with Crippen LogP contribution in [0.15, 0.2) is 0 Å². The number of hydrogen-bond donors (Lipinski definition) is 2. The Kier molecular flexibility index (Phi) is 6.65. The number of hydrogen-bond acceptors (Lipinski definition) is 3. The molecule has 0 bridgehead atoms. The first-order valence-electron chi connectivity index (χ1n) is 8.11. The summed E-state index contributed by atoms with van der Waals surface area (Å²) >= 11 is 0. The summed E-state index contributed by atoms with van der Waals surface area (Å²) < 4.78 is 0. The third kappa shape index (κ3) is 4.70. The van der Waals surface area contributed by atoms with Crippen LogP contribution in [-0.2, 0) is 9.59 Å². The molecule has 0 saturated carbocycles. The molecule has 1 fully saturated rings. The third-order valence-corrected chi connectivity index (χ3v) is 4.93. The summed E-state index contributed by atoms with van der Waals surface area (Å²) in [5.74, 6) is -0.985. The molecule has 2 N–H and O–H groups in total. The number of carboxylic acids is 1. The van der Waals surface area contributed by atoms with Gasteiger partial charge in [0, 0.05) is 31.6 Å². The molecule has 5 heteroatoms. The summed E-state index contributed by atoms with van der Waals surface area (Å²) in [6, 6.07) is 0.731. The number of likely N-dealkylation sites (tertiary alicyclic amines) is 1. The minimum absolute atomic E-state index is 0.0831. The van der Waals surface area contributed by atoms with Crippen LogP contribution in [0.3, 0.4) is 0 Å². The molecule has 0 radical (unpaired) electrons. The van der Waals surface area contributed by atoms with Crippen LogP contribution in [-0.4, -0.2) is 47.1 Å². The number of carbonyl (C=O) groups is 2. The first-order valence-corrected chi connectivity index (χ1v) is 8.11. The quantitative estimate of drug-likeness (QED) is 0.756. The van der Waals surface area contributed by atoms with E-state index in [0.717, 1.165) is 25.9 Å². The van der Waals surface area contributed by atoms with Crippen molar-refractivity contribution in [1.29, 1.82) is 0 Å². The lowest BCUT2D eigenvalue weighted by Crippen LogP contribution is -2.48. The van der Waals surface area contributed by atoms with E-state index in [1.807, 2.05) is 13.8 Å². The normalized spacial score (nSPS) is 18.0. The van der Waals surface area contributed by atoms with Crippen molar-refractivity contribution in [2.75, 3.05) is 13.1 Å². The van der Waals surface area contributed by atoms with Crippen LogP contribution in [0.1, 0.15) is 59.8 Å². The Bertz CT molecular complexity index is 357. The molecule has 1 amide bonds. The maximum atomic E-state index is 12.2. The predicted octanol–water partition coefficient (Wildman–Crippen LogP) is 2.26. The molecule has 122 valence electrons. The van der Waals surface area contributed by atoms with Crippen LogP contribution < -0.4 is 5.32 Å². The van der Waals surface area contributed by atoms with Crippen LogP contribution in [0.25, 0.3) is 0 Å². The highest BCUT2D eigenvalue weighted by Crippen LogP contribution is 2.31. The number of carboxylic acid groups (broad SMARTS) is 1. The third-order valence-electron chi connectivity index (χ3n) is 4.93. The van der Waals surface area contributed by atoms with Crippen molar-refractivity contribution in [2.45, 2.75) is 71.9 Å². The lowest BCUT2D eigenvalue weighted by Gasteiger charge is -2.35.